The zero-order chi connectivity index (χ0) is 21.1. The van der Waals surface area contributed by atoms with Gasteiger partial charge in [-0.3, -0.25) is 9.59 Å². The quantitative estimate of drug-likeness (QED) is 0.725. The van der Waals surface area contributed by atoms with Crippen LogP contribution in [0.3, 0.4) is 0 Å². The van der Waals surface area contributed by atoms with E-state index in [1.165, 1.54) is 6.92 Å². The summed E-state index contributed by atoms with van der Waals surface area (Å²) in [6.45, 7) is 6.26. The van der Waals surface area contributed by atoms with E-state index in [2.05, 4.69) is 15.2 Å². The number of nitrogens with one attached hydrogen (secondary N) is 1. The summed E-state index contributed by atoms with van der Waals surface area (Å²) >= 11 is 0. The standard InChI is InChI=1S/C23H25N5O2/c1-16-23(26-21-6-4-3-5-20(21)24-16)28-13-11-27(12-14-28)22(30)15-18-7-9-19(10-8-18)25-17(2)29/h3-10H,11-15H2,1-2H3,(H,25,29). The molecule has 0 spiro atoms. The minimum absolute atomic E-state index is 0.108. The fourth-order valence-electron chi connectivity index (χ4n) is 3.74. The van der Waals surface area contributed by atoms with Gasteiger partial charge in [-0.15, -0.1) is 0 Å². The molecule has 1 fully saturated rings. The maximum absolute atomic E-state index is 12.7. The summed E-state index contributed by atoms with van der Waals surface area (Å²) in [6.07, 6.45) is 0.356. The van der Waals surface area contributed by atoms with Crippen molar-refractivity contribution < 1.29 is 9.59 Å². The summed E-state index contributed by atoms with van der Waals surface area (Å²) in [5, 5.41) is 2.73. The Labute approximate surface area is 175 Å². The smallest absolute Gasteiger partial charge is 0.227 e. The number of piperazine rings is 1. The number of anilines is 2. The number of hydrogen-bond acceptors (Lipinski definition) is 5. The Hall–Kier alpha value is -3.48. The minimum atomic E-state index is -0.108. The van der Waals surface area contributed by atoms with Gasteiger partial charge in [0, 0.05) is 38.8 Å². The molecule has 0 unspecified atom stereocenters. The highest BCUT2D eigenvalue weighted by atomic mass is 16.2. The van der Waals surface area contributed by atoms with Crippen molar-refractivity contribution in [3.8, 4) is 0 Å². The molecule has 2 heterocycles. The number of nitrogens with zero attached hydrogens (tertiary/aromatic N) is 4. The third-order valence-electron chi connectivity index (χ3n) is 5.28. The van der Waals surface area contributed by atoms with Crippen molar-refractivity contribution in [3.63, 3.8) is 0 Å². The molecule has 0 atom stereocenters. The predicted molar refractivity (Wildman–Crippen MR) is 118 cm³/mol. The number of aromatic nitrogens is 2. The van der Waals surface area contributed by atoms with Gasteiger partial charge < -0.3 is 15.1 Å². The molecule has 1 saturated heterocycles. The number of carbonyl (C=O) groups excluding carboxylic acids is 2. The van der Waals surface area contributed by atoms with Crippen LogP contribution in [0, 0.1) is 6.92 Å². The SMILES string of the molecule is CC(=O)Nc1ccc(CC(=O)N2CCN(c3nc4ccccc4nc3C)CC2)cc1. The van der Waals surface area contributed by atoms with E-state index in [4.69, 9.17) is 4.98 Å². The number of aryl methyl sites for hydroxylation is 1. The van der Waals surface area contributed by atoms with E-state index in [0.29, 0.717) is 19.5 Å². The summed E-state index contributed by atoms with van der Waals surface area (Å²) in [7, 11) is 0. The first-order valence-corrected chi connectivity index (χ1v) is 10.1. The molecular formula is C23H25N5O2. The highest BCUT2D eigenvalue weighted by molar-refractivity contribution is 5.88. The Morgan fingerprint density at radius 2 is 1.57 bits per heavy atom. The van der Waals surface area contributed by atoms with Gasteiger partial charge in [0.2, 0.25) is 11.8 Å². The number of amides is 2. The van der Waals surface area contributed by atoms with Crippen LogP contribution in [0.4, 0.5) is 11.5 Å². The largest absolute Gasteiger partial charge is 0.352 e. The molecule has 1 N–H and O–H groups in total. The van der Waals surface area contributed by atoms with Gasteiger partial charge in [0.15, 0.2) is 5.82 Å². The van der Waals surface area contributed by atoms with Gasteiger partial charge in [0.1, 0.15) is 0 Å². The lowest BCUT2D eigenvalue weighted by Crippen LogP contribution is -2.49. The molecule has 7 heteroatoms. The van der Waals surface area contributed by atoms with Crippen molar-refractivity contribution in [1.29, 1.82) is 0 Å². The fraction of sp³-hybridized carbons (Fsp3) is 0.304. The first kappa shape index (κ1) is 19.8. The van der Waals surface area contributed by atoms with E-state index in [-0.39, 0.29) is 11.8 Å². The number of fused-ring (bicyclic) bond motifs is 1. The van der Waals surface area contributed by atoms with Crippen molar-refractivity contribution >= 4 is 34.4 Å². The lowest BCUT2D eigenvalue weighted by molar-refractivity contribution is -0.130. The Bertz CT molecular complexity index is 1070. The lowest BCUT2D eigenvalue weighted by atomic mass is 10.1. The van der Waals surface area contributed by atoms with Crippen LogP contribution in [-0.4, -0.2) is 52.9 Å². The molecule has 0 bridgehead atoms. The molecular weight excluding hydrogens is 378 g/mol. The minimum Gasteiger partial charge on any atom is -0.352 e. The lowest BCUT2D eigenvalue weighted by Gasteiger charge is -2.36. The second-order valence-corrected chi connectivity index (χ2v) is 7.54. The average Bonchev–Trinajstić information content (AvgIpc) is 2.74. The summed E-state index contributed by atoms with van der Waals surface area (Å²) in [5.41, 5.74) is 4.37. The molecule has 154 valence electrons. The van der Waals surface area contributed by atoms with E-state index < -0.39 is 0 Å². The van der Waals surface area contributed by atoms with Crippen LogP contribution in [0.5, 0.6) is 0 Å². The molecule has 2 aromatic carbocycles. The van der Waals surface area contributed by atoms with Crippen molar-refractivity contribution in [2.45, 2.75) is 20.3 Å². The molecule has 1 aromatic heterocycles. The van der Waals surface area contributed by atoms with Crippen molar-refractivity contribution in [1.82, 2.24) is 14.9 Å². The van der Waals surface area contributed by atoms with Crippen LogP contribution in [0.1, 0.15) is 18.2 Å². The Balaban J connectivity index is 1.37. The first-order chi connectivity index (χ1) is 14.5. The van der Waals surface area contributed by atoms with E-state index in [0.717, 1.165) is 46.9 Å². The topological polar surface area (TPSA) is 78.4 Å². The molecule has 4 rings (SSSR count). The predicted octanol–water partition coefficient (Wildman–Crippen LogP) is 2.79. The molecule has 30 heavy (non-hydrogen) atoms. The molecule has 1 aliphatic heterocycles. The van der Waals surface area contributed by atoms with Crippen LogP contribution < -0.4 is 10.2 Å². The van der Waals surface area contributed by atoms with Gasteiger partial charge in [0.25, 0.3) is 0 Å². The maximum atomic E-state index is 12.7. The van der Waals surface area contributed by atoms with Crippen LogP contribution >= 0.6 is 0 Å². The molecule has 0 aliphatic carbocycles. The van der Waals surface area contributed by atoms with Gasteiger partial charge in [-0.1, -0.05) is 24.3 Å². The van der Waals surface area contributed by atoms with Gasteiger partial charge in [-0.05, 0) is 36.8 Å². The number of carbonyl (C=O) groups is 2. The van der Waals surface area contributed by atoms with E-state index in [1.54, 1.807) is 0 Å². The number of para-hydroxylation sites is 2. The third-order valence-corrected chi connectivity index (χ3v) is 5.28. The summed E-state index contributed by atoms with van der Waals surface area (Å²) < 4.78 is 0. The molecule has 2 amide bonds. The monoisotopic (exact) mass is 403 g/mol. The van der Waals surface area contributed by atoms with E-state index in [9.17, 15) is 9.59 Å². The zero-order valence-electron chi connectivity index (χ0n) is 17.3. The maximum Gasteiger partial charge on any atom is 0.227 e. The average molecular weight is 403 g/mol. The van der Waals surface area contributed by atoms with Gasteiger partial charge in [-0.25, -0.2) is 9.97 Å². The first-order valence-electron chi connectivity index (χ1n) is 10.1. The highest BCUT2D eigenvalue weighted by Gasteiger charge is 2.23. The molecule has 3 aromatic rings. The van der Waals surface area contributed by atoms with Crippen molar-refractivity contribution in [2.24, 2.45) is 0 Å². The zero-order valence-corrected chi connectivity index (χ0v) is 17.3. The van der Waals surface area contributed by atoms with Gasteiger partial charge >= 0.3 is 0 Å². The van der Waals surface area contributed by atoms with Crippen LogP contribution in [0.2, 0.25) is 0 Å². The summed E-state index contributed by atoms with van der Waals surface area (Å²) in [6, 6.07) is 15.3. The second kappa shape index (κ2) is 8.49. The third kappa shape index (κ3) is 4.40. The Morgan fingerprint density at radius 3 is 2.20 bits per heavy atom. The Morgan fingerprint density at radius 1 is 0.933 bits per heavy atom. The molecule has 7 nitrogen and oxygen atoms in total. The van der Waals surface area contributed by atoms with Crippen LogP contribution in [0.25, 0.3) is 11.0 Å². The highest BCUT2D eigenvalue weighted by Crippen LogP contribution is 2.21. The molecule has 0 radical (unpaired) electrons. The van der Waals surface area contributed by atoms with Gasteiger partial charge in [-0.2, -0.15) is 0 Å². The molecule has 1 aliphatic rings. The van der Waals surface area contributed by atoms with Crippen LogP contribution in [-0.2, 0) is 16.0 Å². The fourth-order valence-corrected chi connectivity index (χ4v) is 3.74. The van der Waals surface area contributed by atoms with E-state index in [1.807, 2.05) is 60.4 Å². The van der Waals surface area contributed by atoms with Crippen molar-refractivity contribution in [3.05, 3.63) is 59.8 Å². The number of benzene rings is 2. The molecule has 0 saturated carbocycles. The number of rotatable bonds is 4. The van der Waals surface area contributed by atoms with E-state index >= 15 is 0 Å². The normalized spacial score (nSPS) is 14.1. The number of hydrogen-bond donors (Lipinski definition) is 1. The summed E-state index contributed by atoms with van der Waals surface area (Å²) in [4.78, 5) is 37.4. The Kier molecular flexibility index (Phi) is 5.61. The van der Waals surface area contributed by atoms with Gasteiger partial charge in [0.05, 0.1) is 23.1 Å². The second-order valence-electron chi connectivity index (χ2n) is 7.54. The van der Waals surface area contributed by atoms with Crippen LogP contribution in [0.15, 0.2) is 48.5 Å². The summed E-state index contributed by atoms with van der Waals surface area (Å²) in [5.74, 6) is 0.903. The van der Waals surface area contributed by atoms with Crippen molar-refractivity contribution in [2.75, 3.05) is 36.4 Å².